The molecule has 1 aromatic heterocycles. The number of ether oxygens (including phenoxy) is 1. The van der Waals surface area contributed by atoms with E-state index in [1.165, 1.54) is 12.3 Å². The van der Waals surface area contributed by atoms with Crippen LogP contribution in [0.1, 0.15) is 21.5 Å². The number of nitrogens with zero attached hydrogens (tertiary/aromatic N) is 1. The van der Waals surface area contributed by atoms with Crippen LogP contribution in [-0.2, 0) is 11.3 Å². The number of rotatable bonds is 7. The first-order valence-corrected chi connectivity index (χ1v) is 9.25. The van der Waals surface area contributed by atoms with Gasteiger partial charge in [0.25, 0.3) is 5.91 Å². The van der Waals surface area contributed by atoms with E-state index in [1.54, 1.807) is 49.6 Å². The fourth-order valence-corrected chi connectivity index (χ4v) is 2.67. The van der Waals surface area contributed by atoms with E-state index in [4.69, 9.17) is 10.5 Å². The predicted molar refractivity (Wildman–Crippen MR) is 117 cm³/mol. The number of methoxy groups -OCH3 is 1. The number of hydrogen-bond donors (Lipinski definition) is 3. The molecule has 7 nitrogen and oxygen atoms in total. The summed E-state index contributed by atoms with van der Waals surface area (Å²) in [4.78, 5) is 28.2. The third kappa shape index (κ3) is 5.93. The zero-order valence-corrected chi connectivity index (χ0v) is 16.5. The minimum absolute atomic E-state index is 0.213. The molecule has 2 aromatic carbocycles. The summed E-state index contributed by atoms with van der Waals surface area (Å²) >= 11 is 0. The molecule has 0 atom stereocenters. The van der Waals surface area contributed by atoms with Gasteiger partial charge in [0.2, 0.25) is 5.91 Å². The Morgan fingerprint density at radius 2 is 1.90 bits per heavy atom. The second-order valence-corrected chi connectivity index (χ2v) is 6.45. The lowest BCUT2D eigenvalue weighted by Gasteiger charge is -2.07. The van der Waals surface area contributed by atoms with Gasteiger partial charge in [0.1, 0.15) is 11.6 Å². The molecule has 4 N–H and O–H groups in total. The number of benzene rings is 2. The van der Waals surface area contributed by atoms with Gasteiger partial charge in [0.05, 0.1) is 7.11 Å². The van der Waals surface area contributed by atoms with Gasteiger partial charge in [0, 0.05) is 36.1 Å². The van der Waals surface area contributed by atoms with E-state index in [0.29, 0.717) is 23.6 Å². The van der Waals surface area contributed by atoms with Crippen molar-refractivity contribution in [3.05, 3.63) is 89.6 Å². The monoisotopic (exact) mass is 402 g/mol. The topological polar surface area (TPSA) is 106 Å². The van der Waals surface area contributed by atoms with E-state index in [9.17, 15) is 9.59 Å². The standard InChI is InChI=1S/C23H22N4O3/c1-30-20-4-2-3-16(13-20)7-10-22(28)26-15-17-5-8-18(9-6-17)23(29)27-19-11-12-25-21(24)14-19/h2-14H,15H2,1H3,(H,26,28)(H3,24,25,27,29)/b10-7+. The first-order valence-electron chi connectivity index (χ1n) is 9.25. The molecule has 152 valence electrons. The van der Waals surface area contributed by atoms with E-state index in [2.05, 4.69) is 15.6 Å². The smallest absolute Gasteiger partial charge is 0.255 e. The fourth-order valence-electron chi connectivity index (χ4n) is 2.67. The van der Waals surface area contributed by atoms with Gasteiger partial charge in [-0.25, -0.2) is 4.98 Å². The minimum atomic E-state index is -0.252. The average molecular weight is 402 g/mol. The second kappa shape index (κ2) is 9.88. The molecule has 0 fully saturated rings. The van der Waals surface area contributed by atoms with Crippen LogP contribution in [0.3, 0.4) is 0 Å². The minimum Gasteiger partial charge on any atom is -0.497 e. The third-order valence-electron chi connectivity index (χ3n) is 4.24. The Kier molecular flexibility index (Phi) is 6.78. The lowest BCUT2D eigenvalue weighted by atomic mass is 10.1. The Balaban J connectivity index is 1.52. The maximum atomic E-state index is 12.3. The molecule has 0 bridgehead atoms. The van der Waals surface area contributed by atoms with Gasteiger partial charge >= 0.3 is 0 Å². The molecule has 30 heavy (non-hydrogen) atoms. The van der Waals surface area contributed by atoms with Crippen LogP contribution in [0.5, 0.6) is 5.75 Å². The van der Waals surface area contributed by atoms with Crippen molar-refractivity contribution in [2.75, 3.05) is 18.2 Å². The first-order chi connectivity index (χ1) is 14.5. The molecule has 0 spiro atoms. The van der Waals surface area contributed by atoms with E-state index < -0.39 is 0 Å². The Morgan fingerprint density at radius 1 is 1.10 bits per heavy atom. The van der Waals surface area contributed by atoms with Crippen molar-refractivity contribution >= 4 is 29.4 Å². The Morgan fingerprint density at radius 3 is 2.63 bits per heavy atom. The van der Waals surface area contributed by atoms with Crippen LogP contribution in [0, 0.1) is 0 Å². The van der Waals surface area contributed by atoms with Gasteiger partial charge in [-0.2, -0.15) is 0 Å². The molecular formula is C23H22N4O3. The molecule has 3 rings (SSSR count). The van der Waals surface area contributed by atoms with Crippen LogP contribution < -0.4 is 21.1 Å². The lowest BCUT2D eigenvalue weighted by molar-refractivity contribution is -0.116. The van der Waals surface area contributed by atoms with Gasteiger partial charge in [-0.3, -0.25) is 9.59 Å². The van der Waals surface area contributed by atoms with Crippen LogP contribution in [0.2, 0.25) is 0 Å². The van der Waals surface area contributed by atoms with Gasteiger partial charge in [-0.05, 0) is 47.5 Å². The number of nitrogen functional groups attached to an aromatic ring is 1. The van der Waals surface area contributed by atoms with Gasteiger partial charge in [-0.15, -0.1) is 0 Å². The second-order valence-electron chi connectivity index (χ2n) is 6.45. The summed E-state index contributed by atoms with van der Waals surface area (Å²) in [6.45, 7) is 0.351. The molecule has 0 radical (unpaired) electrons. The Bertz CT molecular complexity index is 1060. The van der Waals surface area contributed by atoms with Gasteiger partial charge < -0.3 is 21.1 Å². The van der Waals surface area contributed by atoms with Gasteiger partial charge in [-0.1, -0.05) is 24.3 Å². The number of nitrogens with two attached hydrogens (primary N) is 1. The van der Waals surface area contributed by atoms with Crippen LogP contribution in [0.4, 0.5) is 11.5 Å². The average Bonchev–Trinajstić information content (AvgIpc) is 2.76. The van der Waals surface area contributed by atoms with Crippen molar-refractivity contribution in [3.8, 4) is 5.75 Å². The summed E-state index contributed by atoms with van der Waals surface area (Å²) in [6.07, 6.45) is 4.72. The highest BCUT2D eigenvalue weighted by atomic mass is 16.5. The molecule has 1 heterocycles. The van der Waals surface area contributed by atoms with Crippen molar-refractivity contribution < 1.29 is 14.3 Å². The van der Waals surface area contributed by atoms with E-state index in [1.807, 2.05) is 24.3 Å². The van der Waals surface area contributed by atoms with E-state index >= 15 is 0 Å². The molecular weight excluding hydrogens is 380 g/mol. The summed E-state index contributed by atoms with van der Waals surface area (Å²) in [7, 11) is 1.60. The third-order valence-corrected chi connectivity index (χ3v) is 4.24. The molecule has 0 unspecified atom stereocenters. The lowest BCUT2D eigenvalue weighted by Crippen LogP contribution is -2.20. The highest BCUT2D eigenvalue weighted by molar-refractivity contribution is 6.04. The van der Waals surface area contributed by atoms with Crippen molar-refractivity contribution in [3.63, 3.8) is 0 Å². The van der Waals surface area contributed by atoms with Crippen molar-refractivity contribution in [1.29, 1.82) is 0 Å². The maximum Gasteiger partial charge on any atom is 0.255 e. The SMILES string of the molecule is COc1cccc(/C=C/C(=O)NCc2ccc(C(=O)Nc3ccnc(N)c3)cc2)c1. The molecule has 3 aromatic rings. The summed E-state index contributed by atoms with van der Waals surface area (Å²) in [5.41, 5.74) is 8.43. The van der Waals surface area contributed by atoms with E-state index in [-0.39, 0.29) is 11.8 Å². The summed E-state index contributed by atoms with van der Waals surface area (Å²) in [5, 5.41) is 5.58. The molecule has 0 saturated carbocycles. The molecule has 0 saturated heterocycles. The number of aromatic nitrogens is 1. The zero-order chi connectivity index (χ0) is 21.3. The molecule has 0 aliphatic heterocycles. The Labute approximate surface area is 174 Å². The van der Waals surface area contributed by atoms with Crippen LogP contribution >= 0.6 is 0 Å². The van der Waals surface area contributed by atoms with Crippen LogP contribution in [0.15, 0.2) is 72.9 Å². The number of pyridine rings is 1. The number of hydrogen-bond acceptors (Lipinski definition) is 5. The highest BCUT2D eigenvalue weighted by Gasteiger charge is 2.07. The molecule has 0 aliphatic rings. The number of nitrogens with one attached hydrogen (secondary N) is 2. The first kappa shape index (κ1) is 20.6. The zero-order valence-electron chi connectivity index (χ0n) is 16.5. The van der Waals surface area contributed by atoms with Crippen LogP contribution in [-0.4, -0.2) is 23.9 Å². The quantitative estimate of drug-likeness (QED) is 0.526. The fraction of sp³-hybridized carbons (Fsp3) is 0.0870. The predicted octanol–water partition coefficient (Wildman–Crippen LogP) is 3.25. The number of carbonyl (C=O) groups excluding carboxylic acids is 2. The Hall–Kier alpha value is -4.13. The van der Waals surface area contributed by atoms with Gasteiger partial charge in [0.15, 0.2) is 0 Å². The van der Waals surface area contributed by atoms with Crippen molar-refractivity contribution in [1.82, 2.24) is 10.3 Å². The summed E-state index contributed by atoms with van der Waals surface area (Å²) < 4.78 is 5.16. The highest BCUT2D eigenvalue weighted by Crippen LogP contribution is 2.14. The van der Waals surface area contributed by atoms with Crippen molar-refractivity contribution in [2.45, 2.75) is 6.54 Å². The van der Waals surface area contributed by atoms with Crippen LogP contribution in [0.25, 0.3) is 6.08 Å². The molecule has 2 amide bonds. The number of carbonyl (C=O) groups is 2. The maximum absolute atomic E-state index is 12.3. The van der Waals surface area contributed by atoms with E-state index in [0.717, 1.165) is 16.9 Å². The normalized spacial score (nSPS) is 10.6. The number of anilines is 2. The van der Waals surface area contributed by atoms with Crippen molar-refractivity contribution in [2.24, 2.45) is 0 Å². The number of amides is 2. The largest absolute Gasteiger partial charge is 0.497 e. The summed E-state index contributed by atoms with van der Waals surface area (Å²) in [6, 6.07) is 17.7. The summed E-state index contributed by atoms with van der Waals surface area (Å²) in [5.74, 6) is 0.598. The molecule has 0 aliphatic carbocycles. The molecule has 7 heteroatoms.